The number of benzene rings is 2. The van der Waals surface area contributed by atoms with Crippen LogP contribution in [0.3, 0.4) is 0 Å². The fourth-order valence-corrected chi connectivity index (χ4v) is 2.61. The Bertz CT molecular complexity index is 1060. The molecule has 0 saturated heterocycles. The topological polar surface area (TPSA) is 46.9 Å². The van der Waals surface area contributed by atoms with Crippen molar-refractivity contribution in [2.24, 2.45) is 7.05 Å². The first-order valence-electron chi connectivity index (χ1n) is 7.73. The minimum atomic E-state index is -4.87. The van der Waals surface area contributed by atoms with Crippen molar-refractivity contribution >= 4 is 11.6 Å². The molecule has 0 radical (unpaired) electrons. The van der Waals surface area contributed by atoms with Crippen molar-refractivity contribution in [2.45, 2.75) is 6.18 Å². The van der Waals surface area contributed by atoms with Crippen LogP contribution >= 0.6 is 0 Å². The van der Waals surface area contributed by atoms with E-state index in [1.54, 1.807) is 0 Å². The Labute approximate surface area is 154 Å². The van der Waals surface area contributed by atoms with E-state index in [0.717, 1.165) is 41.2 Å². The van der Waals surface area contributed by atoms with Gasteiger partial charge < -0.3 is 5.32 Å². The van der Waals surface area contributed by atoms with Crippen molar-refractivity contribution in [3.05, 3.63) is 71.3 Å². The van der Waals surface area contributed by atoms with Gasteiger partial charge in [-0.25, -0.2) is 13.2 Å². The molecule has 1 aromatic heterocycles. The Kier molecular flexibility index (Phi) is 4.88. The molecule has 4 nitrogen and oxygen atoms in total. The van der Waals surface area contributed by atoms with Gasteiger partial charge in [0.1, 0.15) is 17.5 Å². The molecule has 146 valence electrons. The Morgan fingerprint density at radius 1 is 1.00 bits per heavy atom. The first kappa shape index (κ1) is 19.5. The van der Waals surface area contributed by atoms with Crippen LogP contribution in [0.1, 0.15) is 16.1 Å². The highest BCUT2D eigenvalue weighted by molar-refractivity contribution is 6.07. The third-order valence-electron chi connectivity index (χ3n) is 3.79. The fourth-order valence-electron chi connectivity index (χ4n) is 2.61. The monoisotopic (exact) mass is 399 g/mol. The summed E-state index contributed by atoms with van der Waals surface area (Å²) >= 11 is 0. The Balaban J connectivity index is 2.04. The molecular weight excluding hydrogens is 388 g/mol. The minimum Gasteiger partial charge on any atom is -0.321 e. The number of carbonyl (C=O) groups is 1. The number of anilines is 1. The third-order valence-corrected chi connectivity index (χ3v) is 3.79. The zero-order chi connectivity index (χ0) is 20.6. The molecule has 0 unspecified atom stereocenters. The van der Waals surface area contributed by atoms with E-state index in [4.69, 9.17) is 0 Å². The molecule has 28 heavy (non-hydrogen) atoms. The third kappa shape index (κ3) is 3.85. The average molecular weight is 399 g/mol. The molecule has 3 aromatic rings. The number of aryl methyl sites for hydroxylation is 1. The van der Waals surface area contributed by atoms with Crippen LogP contribution in [-0.2, 0) is 13.2 Å². The molecule has 0 atom stereocenters. The van der Waals surface area contributed by atoms with Gasteiger partial charge >= 0.3 is 6.18 Å². The zero-order valence-electron chi connectivity index (χ0n) is 14.1. The second kappa shape index (κ2) is 7.02. The highest BCUT2D eigenvalue weighted by Crippen LogP contribution is 2.34. The van der Waals surface area contributed by atoms with Crippen molar-refractivity contribution in [2.75, 3.05) is 5.32 Å². The van der Waals surface area contributed by atoms with E-state index in [1.807, 2.05) is 0 Å². The lowest BCUT2D eigenvalue weighted by molar-refractivity contribution is -0.141. The number of halogens is 6. The molecule has 1 N–H and O–H groups in total. The summed E-state index contributed by atoms with van der Waals surface area (Å²) in [5.74, 6) is -3.85. The van der Waals surface area contributed by atoms with Crippen LogP contribution in [0.15, 0.2) is 42.6 Å². The highest BCUT2D eigenvalue weighted by atomic mass is 19.4. The summed E-state index contributed by atoms with van der Waals surface area (Å²) in [5.41, 5.74) is -2.72. The molecule has 0 fully saturated rings. The van der Waals surface area contributed by atoms with Crippen LogP contribution < -0.4 is 5.32 Å². The van der Waals surface area contributed by atoms with Crippen LogP contribution in [0.5, 0.6) is 0 Å². The molecular formula is C18H11F6N3O. The minimum absolute atomic E-state index is 0.158. The number of alkyl halides is 3. The number of carbonyl (C=O) groups excluding carboxylic acids is 1. The van der Waals surface area contributed by atoms with Gasteiger partial charge in [-0.15, -0.1) is 0 Å². The molecule has 10 heteroatoms. The lowest BCUT2D eigenvalue weighted by atomic mass is 10.0. The van der Waals surface area contributed by atoms with Crippen LogP contribution in [0, 0.1) is 17.5 Å². The second-order valence-electron chi connectivity index (χ2n) is 5.83. The van der Waals surface area contributed by atoms with Gasteiger partial charge in [-0.2, -0.15) is 18.3 Å². The van der Waals surface area contributed by atoms with E-state index in [2.05, 4.69) is 10.4 Å². The summed E-state index contributed by atoms with van der Waals surface area (Å²) in [7, 11) is 1.21. The van der Waals surface area contributed by atoms with Crippen LogP contribution in [-0.4, -0.2) is 15.7 Å². The van der Waals surface area contributed by atoms with E-state index in [0.29, 0.717) is 6.07 Å². The molecule has 0 bridgehead atoms. The van der Waals surface area contributed by atoms with E-state index < -0.39 is 40.8 Å². The molecule has 0 saturated carbocycles. The Morgan fingerprint density at radius 3 is 2.29 bits per heavy atom. The highest BCUT2D eigenvalue weighted by Gasteiger charge is 2.39. The summed E-state index contributed by atoms with van der Waals surface area (Å²) in [6.45, 7) is 0. The molecule has 0 spiro atoms. The van der Waals surface area contributed by atoms with Gasteiger partial charge in [0.15, 0.2) is 5.69 Å². The van der Waals surface area contributed by atoms with E-state index in [-0.39, 0.29) is 16.8 Å². The zero-order valence-corrected chi connectivity index (χ0v) is 14.1. The van der Waals surface area contributed by atoms with Crippen molar-refractivity contribution in [1.29, 1.82) is 0 Å². The smallest absolute Gasteiger partial charge is 0.321 e. The number of hydrogen-bond acceptors (Lipinski definition) is 2. The van der Waals surface area contributed by atoms with Crippen LogP contribution in [0.25, 0.3) is 11.1 Å². The predicted octanol–water partition coefficient (Wildman–Crippen LogP) is 4.78. The number of hydrogen-bond donors (Lipinski definition) is 1. The molecule has 1 heterocycles. The predicted molar refractivity (Wildman–Crippen MR) is 87.9 cm³/mol. The van der Waals surface area contributed by atoms with Crippen LogP contribution in [0.4, 0.5) is 32.0 Å². The number of aromatic nitrogens is 2. The maximum absolute atomic E-state index is 14.1. The summed E-state index contributed by atoms with van der Waals surface area (Å²) in [4.78, 5) is 12.4. The molecule has 0 aliphatic carbocycles. The molecule has 3 rings (SSSR count). The maximum atomic E-state index is 14.1. The molecule has 0 aliphatic heterocycles. The summed E-state index contributed by atoms with van der Waals surface area (Å²) < 4.78 is 80.9. The number of nitrogens with zero attached hydrogens (tertiary/aromatic N) is 2. The Morgan fingerprint density at radius 2 is 1.64 bits per heavy atom. The van der Waals surface area contributed by atoms with Gasteiger partial charge in [-0.1, -0.05) is 0 Å². The lowest BCUT2D eigenvalue weighted by Crippen LogP contribution is -2.18. The van der Waals surface area contributed by atoms with Crippen molar-refractivity contribution in [3.8, 4) is 11.1 Å². The lowest BCUT2D eigenvalue weighted by Gasteiger charge is -2.13. The first-order chi connectivity index (χ1) is 13.1. The quantitative estimate of drug-likeness (QED) is 0.645. The summed E-state index contributed by atoms with van der Waals surface area (Å²) in [6, 6.07) is 5.40. The van der Waals surface area contributed by atoms with Gasteiger partial charge in [-0.3, -0.25) is 9.48 Å². The SMILES string of the molecule is Cn1cc(C(=O)Nc2ccc(F)cc2-c2ccc(F)cc2F)c(C(F)(F)F)n1. The van der Waals surface area contributed by atoms with E-state index in [1.165, 1.54) is 7.05 Å². The number of rotatable bonds is 3. The summed E-state index contributed by atoms with van der Waals surface area (Å²) in [5, 5.41) is 5.43. The van der Waals surface area contributed by atoms with Gasteiger partial charge in [0.05, 0.1) is 5.56 Å². The van der Waals surface area contributed by atoms with Gasteiger partial charge in [-0.05, 0) is 30.3 Å². The van der Waals surface area contributed by atoms with Crippen LogP contribution in [0.2, 0.25) is 0 Å². The van der Waals surface area contributed by atoms with E-state index in [9.17, 15) is 31.1 Å². The largest absolute Gasteiger partial charge is 0.435 e. The van der Waals surface area contributed by atoms with Crippen molar-refractivity contribution in [1.82, 2.24) is 9.78 Å². The Hall–Kier alpha value is -3.30. The standard InChI is InChI=1S/C18H11F6N3O/c1-27-8-13(16(26-27)18(22,23)24)17(28)25-15-5-3-9(19)6-12(15)11-4-2-10(20)7-14(11)21/h2-8H,1H3,(H,25,28). The average Bonchev–Trinajstić information content (AvgIpc) is 2.99. The normalized spacial score (nSPS) is 11.5. The molecule has 1 amide bonds. The van der Waals surface area contributed by atoms with Gasteiger partial charge in [0.25, 0.3) is 5.91 Å². The van der Waals surface area contributed by atoms with Gasteiger partial charge in [0, 0.05) is 36.1 Å². The second-order valence-corrected chi connectivity index (χ2v) is 5.83. The van der Waals surface area contributed by atoms with Crippen molar-refractivity contribution < 1.29 is 31.1 Å². The maximum Gasteiger partial charge on any atom is 0.435 e. The molecule has 2 aromatic carbocycles. The molecule has 0 aliphatic rings. The van der Waals surface area contributed by atoms with Gasteiger partial charge in [0.2, 0.25) is 0 Å². The first-order valence-corrected chi connectivity index (χ1v) is 7.73. The summed E-state index contributed by atoms with van der Waals surface area (Å²) in [6.07, 6.45) is -4.00. The fraction of sp³-hybridized carbons (Fsp3) is 0.111. The number of amides is 1. The number of nitrogens with one attached hydrogen (secondary N) is 1. The van der Waals surface area contributed by atoms with E-state index >= 15 is 0 Å². The van der Waals surface area contributed by atoms with Crippen molar-refractivity contribution in [3.63, 3.8) is 0 Å².